The Bertz CT molecular complexity index is 811. The third kappa shape index (κ3) is 3.19. The summed E-state index contributed by atoms with van der Waals surface area (Å²) >= 11 is 0. The fourth-order valence-electron chi connectivity index (χ4n) is 2.84. The van der Waals surface area contributed by atoms with Crippen LogP contribution < -0.4 is 0 Å². The van der Waals surface area contributed by atoms with Gasteiger partial charge in [-0.15, -0.1) is 0 Å². The Balaban J connectivity index is 2.26. The van der Waals surface area contributed by atoms with Gasteiger partial charge >= 0.3 is 0 Å². The van der Waals surface area contributed by atoms with Crippen LogP contribution in [0.4, 0.5) is 0 Å². The maximum atomic E-state index is 4.63. The van der Waals surface area contributed by atoms with E-state index in [4.69, 9.17) is 0 Å². The zero-order valence-electron chi connectivity index (χ0n) is 14.3. The summed E-state index contributed by atoms with van der Waals surface area (Å²) in [6.45, 7) is 8.88. The van der Waals surface area contributed by atoms with Gasteiger partial charge in [0.15, 0.2) is 0 Å². The molecule has 0 spiro atoms. The van der Waals surface area contributed by atoms with E-state index in [2.05, 4.69) is 87.3 Å². The van der Waals surface area contributed by atoms with E-state index in [1.807, 2.05) is 12.3 Å². The molecule has 0 N–H and O–H groups in total. The summed E-state index contributed by atoms with van der Waals surface area (Å²) in [5.41, 5.74) is 7.41. The Kier molecular flexibility index (Phi) is 4.04. The highest BCUT2D eigenvalue weighted by atomic mass is 14.7. The van der Waals surface area contributed by atoms with Gasteiger partial charge in [0.1, 0.15) is 0 Å². The second kappa shape index (κ2) is 6.00. The van der Waals surface area contributed by atoms with E-state index in [1.54, 1.807) is 0 Å². The Hall–Kier alpha value is -2.41. The van der Waals surface area contributed by atoms with Crippen LogP contribution in [0, 0.1) is 6.92 Å². The number of nitrogens with zero attached hydrogens (tertiary/aromatic N) is 1. The molecule has 0 radical (unpaired) electrons. The molecular formula is C22H23N. The smallest absolute Gasteiger partial charge is 0.0737 e. The molecule has 1 nitrogen and oxygen atoms in total. The van der Waals surface area contributed by atoms with Crippen molar-refractivity contribution < 1.29 is 0 Å². The first-order valence-electron chi connectivity index (χ1n) is 8.09. The van der Waals surface area contributed by atoms with Crippen molar-refractivity contribution in [3.8, 4) is 22.4 Å². The molecule has 116 valence electrons. The SMILES string of the molecule is Cc1cccnc1-c1ccc(C(C)(C)C)cc1-c1ccccc1. The van der Waals surface area contributed by atoms with Gasteiger partial charge in [-0.1, -0.05) is 69.3 Å². The van der Waals surface area contributed by atoms with E-state index >= 15 is 0 Å². The molecule has 0 amide bonds. The van der Waals surface area contributed by atoms with E-state index in [9.17, 15) is 0 Å². The summed E-state index contributed by atoms with van der Waals surface area (Å²) in [7, 11) is 0. The van der Waals surface area contributed by atoms with Gasteiger partial charge in [-0.25, -0.2) is 0 Å². The molecule has 0 atom stereocenters. The number of hydrogen-bond donors (Lipinski definition) is 0. The summed E-state index contributed by atoms with van der Waals surface area (Å²) < 4.78 is 0. The number of benzene rings is 2. The van der Waals surface area contributed by atoms with Gasteiger partial charge in [-0.3, -0.25) is 4.98 Å². The summed E-state index contributed by atoms with van der Waals surface area (Å²) in [4.78, 5) is 4.63. The molecule has 0 aliphatic rings. The van der Waals surface area contributed by atoms with Crippen LogP contribution in [0.1, 0.15) is 31.9 Å². The third-order valence-electron chi connectivity index (χ3n) is 4.23. The highest BCUT2D eigenvalue weighted by Gasteiger charge is 2.17. The number of hydrogen-bond acceptors (Lipinski definition) is 1. The minimum atomic E-state index is 0.126. The summed E-state index contributed by atoms with van der Waals surface area (Å²) in [6.07, 6.45) is 1.87. The van der Waals surface area contributed by atoms with Crippen molar-refractivity contribution in [2.75, 3.05) is 0 Å². The molecule has 0 aliphatic heterocycles. The molecule has 2 aromatic carbocycles. The van der Waals surface area contributed by atoms with Crippen LogP contribution >= 0.6 is 0 Å². The van der Waals surface area contributed by atoms with Crippen molar-refractivity contribution in [2.24, 2.45) is 0 Å². The van der Waals surface area contributed by atoms with E-state index in [1.165, 1.54) is 27.8 Å². The van der Waals surface area contributed by atoms with Crippen LogP contribution in [0.25, 0.3) is 22.4 Å². The van der Waals surface area contributed by atoms with Gasteiger partial charge in [-0.05, 0) is 46.7 Å². The maximum Gasteiger partial charge on any atom is 0.0737 e. The number of aromatic nitrogens is 1. The number of pyridine rings is 1. The first-order valence-corrected chi connectivity index (χ1v) is 8.09. The molecule has 3 rings (SSSR count). The Morgan fingerprint density at radius 2 is 1.52 bits per heavy atom. The molecule has 0 fully saturated rings. The van der Waals surface area contributed by atoms with Crippen molar-refractivity contribution in [2.45, 2.75) is 33.1 Å². The second-order valence-electron chi connectivity index (χ2n) is 7.05. The first-order chi connectivity index (χ1) is 11.0. The zero-order valence-corrected chi connectivity index (χ0v) is 14.3. The van der Waals surface area contributed by atoms with Crippen molar-refractivity contribution >= 4 is 0 Å². The van der Waals surface area contributed by atoms with Crippen molar-refractivity contribution in [3.63, 3.8) is 0 Å². The maximum absolute atomic E-state index is 4.63. The minimum Gasteiger partial charge on any atom is -0.256 e. The molecule has 1 aromatic heterocycles. The fourth-order valence-corrected chi connectivity index (χ4v) is 2.84. The van der Waals surface area contributed by atoms with E-state index in [0.717, 1.165) is 5.69 Å². The average Bonchev–Trinajstić information content (AvgIpc) is 2.55. The summed E-state index contributed by atoms with van der Waals surface area (Å²) in [6, 6.07) is 21.5. The molecule has 1 heteroatoms. The molecule has 0 unspecified atom stereocenters. The van der Waals surface area contributed by atoms with Gasteiger partial charge in [0, 0.05) is 11.8 Å². The lowest BCUT2D eigenvalue weighted by molar-refractivity contribution is 0.590. The van der Waals surface area contributed by atoms with Crippen LogP contribution in [0.3, 0.4) is 0 Å². The molecule has 3 aromatic rings. The molecule has 0 saturated carbocycles. The van der Waals surface area contributed by atoms with Crippen LogP contribution in [0.2, 0.25) is 0 Å². The predicted octanol–water partition coefficient (Wildman–Crippen LogP) is 6.02. The third-order valence-corrected chi connectivity index (χ3v) is 4.23. The van der Waals surface area contributed by atoms with E-state index in [-0.39, 0.29) is 5.41 Å². The largest absolute Gasteiger partial charge is 0.256 e. The zero-order chi connectivity index (χ0) is 16.4. The van der Waals surface area contributed by atoms with Gasteiger partial charge in [0.05, 0.1) is 5.69 Å². The highest BCUT2D eigenvalue weighted by molar-refractivity contribution is 5.83. The number of aryl methyl sites for hydroxylation is 1. The quantitative estimate of drug-likeness (QED) is 0.564. The number of rotatable bonds is 2. The first kappa shape index (κ1) is 15.5. The van der Waals surface area contributed by atoms with Crippen molar-refractivity contribution in [1.29, 1.82) is 0 Å². The van der Waals surface area contributed by atoms with Gasteiger partial charge in [0.2, 0.25) is 0 Å². The normalized spacial score (nSPS) is 11.5. The van der Waals surface area contributed by atoms with Gasteiger partial charge in [0.25, 0.3) is 0 Å². The van der Waals surface area contributed by atoms with Crippen LogP contribution in [-0.4, -0.2) is 4.98 Å². The fraction of sp³-hybridized carbons (Fsp3) is 0.227. The lowest BCUT2D eigenvalue weighted by atomic mass is 9.83. The molecule has 1 heterocycles. The standard InChI is InChI=1S/C22H23N/c1-16-9-8-14-23-21(16)19-13-12-18(22(2,3)4)15-20(19)17-10-6-5-7-11-17/h5-15H,1-4H3. The molecule has 0 saturated heterocycles. The lowest BCUT2D eigenvalue weighted by Gasteiger charge is -2.22. The van der Waals surface area contributed by atoms with Gasteiger partial charge in [-0.2, -0.15) is 0 Å². The Labute approximate surface area is 139 Å². The second-order valence-corrected chi connectivity index (χ2v) is 7.05. The highest BCUT2D eigenvalue weighted by Crippen LogP contribution is 2.36. The molecule has 23 heavy (non-hydrogen) atoms. The predicted molar refractivity (Wildman–Crippen MR) is 98.5 cm³/mol. The van der Waals surface area contributed by atoms with Crippen LogP contribution in [-0.2, 0) is 5.41 Å². The van der Waals surface area contributed by atoms with Crippen molar-refractivity contribution in [3.05, 3.63) is 78.0 Å². The lowest BCUT2D eigenvalue weighted by Crippen LogP contribution is -2.11. The topological polar surface area (TPSA) is 12.9 Å². The van der Waals surface area contributed by atoms with Crippen LogP contribution in [0.5, 0.6) is 0 Å². The molecule has 0 aliphatic carbocycles. The van der Waals surface area contributed by atoms with Crippen molar-refractivity contribution in [1.82, 2.24) is 4.98 Å². The van der Waals surface area contributed by atoms with Crippen LogP contribution in [0.15, 0.2) is 66.9 Å². The van der Waals surface area contributed by atoms with E-state index in [0.29, 0.717) is 0 Å². The Morgan fingerprint density at radius 3 is 2.17 bits per heavy atom. The molecular weight excluding hydrogens is 278 g/mol. The average molecular weight is 301 g/mol. The summed E-state index contributed by atoms with van der Waals surface area (Å²) in [5, 5.41) is 0. The van der Waals surface area contributed by atoms with E-state index < -0.39 is 0 Å². The monoisotopic (exact) mass is 301 g/mol. The Morgan fingerprint density at radius 1 is 0.783 bits per heavy atom. The van der Waals surface area contributed by atoms with Gasteiger partial charge < -0.3 is 0 Å². The summed E-state index contributed by atoms with van der Waals surface area (Å²) in [5.74, 6) is 0. The minimum absolute atomic E-state index is 0.126. The molecule has 0 bridgehead atoms.